The zero-order valence-electron chi connectivity index (χ0n) is 16.9. The number of benzene rings is 2. The third-order valence-electron chi connectivity index (χ3n) is 5.06. The van der Waals surface area contributed by atoms with Crippen molar-refractivity contribution < 1.29 is 4.74 Å². The lowest BCUT2D eigenvalue weighted by Gasteiger charge is -2.06. The number of hydrogen-bond donors (Lipinski definition) is 1. The first-order valence-corrected chi connectivity index (χ1v) is 10.7. The summed E-state index contributed by atoms with van der Waals surface area (Å²) in [7, 11) is 1.66. The van der Waals surface area contributed by atoms with Crippen LogP contribution in [0.25, 0.3) is 32.9 Å². The van der Waals surface area contributed by atoms with E-state index in [0.717, 1.165) is 33.0 Å². The molecular weight excluding hydrogens is 424 g/mol. The highest BCUT2D eigenvalue weighted by atomic mass is 32.1. The monoisotopic (exact) mass is 440 g/mol. The molecule has 0 atom stereocenters. The first-order valence-electron chi connectivity index (χ1n) is 9.80. The van der Waals surface area contributed by atoms with Crippen LogP contribution in [-0.4, -0.2) is 41.5 Å². The van der Waals surface area contributed by atoms with Gasteiger partial charge in [-0.3, -0.25) is 0 Å². The quantitative estimate of drug-likeness (QED) is 0.426. The summed E-state index contributed by atoms with van der Waals surface area (Å²) in [5.74, 6) is 1.82. The predicted octanol–water partition coefficient (Wildman–Crippen LogP) is 4.34. The van der Waals surface area contributed by atoms with E-state index in [-0.39, 0.29) is 0 Å². The topological polar surface area (TPSA) is 95.0 Å². The van der Waals surface area contributed by atoms with E-state index in [2.05, 4.69) is 30.5 Å². The molecule has 0 aliphatic carbocycles. The SMILES string of the molecule is COc1ccccc1-c1csc2nc(Nc3ncnc4c3cnn4-c3ccccc3)nn12. The van der Waals surface area contributed by atoms with Gasteiger partial charge in [0.1, 0.15) is 17.9 Å². The number of aromatic nitrogens is 7. The summed E-state index contributed by atoms with van der Waals surface area (Å²) >= 11 is 1.51. The molecule has 0 spiro atoms. The van der Waals surface area contributed by atoms with Crippen LogP contribution < -0.4 is 10.1 Å². The molecule has 0 saturated heterocycles. The normalized spacial score (nSPS) is 11.3. The molecule has 2 aromatic carbocycles. The number of rotatable bonds is 5. The number of hydrogen-bond acceptors (Lipinski definition) is 8. The van der Waals surface area contributed by atoms with E-state index in [1.54, 1.807) is 22.5 Å². The van der Waals surface area contributed by atoms with Gasteiger partial charge >= 0.3 is 0 Å². The Morgan fingerprint density at radius 2 is 1.84 bits per heavy atom. The fraction of sp³-hybridized carbons (Fsp3) is 0.0455. The van der Waals surface area contributed by atoms with Gasteiger partial charge in [-0.25, -0.2) is 19.2 Å². The summed E-state index contributed by atoms with van der Waals surface area (Å²) in [5, 5.41) is 15.2. The second kappa shape index (κ2) is 7.43. The predicted molar refractivity (Wildman–Crippen MR) is 123 cm³/mol. The van der Waals surface area contributed by atoms with Crippen LogP contribution >= 0.6 is 11.3 Å². The fourth-order valence-corrected chi connectivity index (χ4v) is 4.41. The third-order valence-corrected chi connectivity index (χ3v) is 5.88. The molecule has 0 bridgehead atoms. The number of nitrogens with zero attached hydrogens (tertiary/aromatic N) is 7. The lowest BCUT2D eigenvalue weighted by atomic mass is 10.1. The Morgan fingerprint density at radius 1 is 1.00 bits per heavy atom. The van der Waals surface area contributed by atoms with Gasteiger partial charge in [0.2, 0.25) is 10.9 Å². The molecule has 0 radical (unpaired) electrons. The summed E-state index contributed by atoms with van der Waals surface area (Å²) < 4.78 is 9.09. The first-order chi connectivity index (χ1) is 15.8. The molecule has 0 aliphatic rings. The summed E-state index contributed by atoms with van der Waals surface area (Å²) in [4.78, 5) is 14.2. The van der Waals surface area contributed by atoms with E-state index in [0.29, 0.717) is 17.4 Å². The second-order valence-corrected chi connectivity index (χ2v) is 7.76. The molecule has 9 nitrogen and oxygen atoms in total. The molecule has 0 fully saturated rings. The Balaban J connectivity index is 1.39. The van der Waals surface area contributed by atoms with Crippen LogP contribution in [0.2, 0.25) is 0 Å². The van der Waals surface area contributed by atoms with Crippen molar-refractivity contribution in [2.24, 2.45) is 0 Å². The van der Waals surface area contributed by atoms with Crippen LogP contribution in [0.3, 0.4) is 0 Å². The number of para-hydroxylation sites is 2. The molecule has 10 heteroatoms. The standard InChI is InChI=1S/C22H16N8OS/c1-31-18-10-6-5-9-15(18)17-12-32-22-27-21(28-30(17)22)26-19-16-11-25-29(20(16)24-13-23-19)14-7-3-2-4-8-14/h2-13H,1H3,(H,23,24,26,28). The Morgan fingerprint density at radius 3 is 2.72 bits per heavy atom. The van der Waals surface area contributed by atoms with Crippen LogP contribution in [0.1, 0.15) is 0 Å². The minimum absolute atomic E-state index is 0.445. The smallest absolute Gasteiger partial charge is 0.249 e. The third kappa shape index (κ3) is 2.96. The number of methoxy groups -OCH3 is 1. The highest BCUT2D eigenvalue weighted by Crippen LogP contribution is 2.33. The van der Waals surface area contributed by atoms with Gasteiger partial charge in [-0.2, -0.15) is 10.1 Å². The van der Waals surface area contributed by atoms with Crippen LogP contribution in [0.4, 0.5) is 11.8 Å². The average Bonchev–Trinajstić information content (AvgIpc) is 3.54. The maximum absolute atomic E-state index is 5.51. The van der Waals surface area contributed by atoms with Gasteiger partial charge in [0.05, 0.1) is 30.1 Å². The van der Waals surface area contributed by atoms with E-state index in [9.17, 15) is 0 Å². The molecule has 156 valence electrons. The minimum Gasteiger partial charge on any atom is -0.496 e. The molecular formula is C22H16N8OS. The lowest BCUT2D eigenvalue weighted by Crippen LogP contribution is -2.00. The Hall–Kier alpha value is -4.31. The molecule has 0 unspecified atom stereocenters. The van der Waals surface area contributed by atoms with Gasteiger partial charge in [0.15, 0.2) is 5.65 Å². The van der Waals surface area contributed by atoms with E-state index in [4.69, 9.17) is 4.74 Å². The fourth-order valence-electron chi connectivity index (χ4n) is 3.58. The Kier molecular flexibility index (Phi) is 4.29. The lowest BCUT2D eigenvalue weighted by molar-refractivity contribution is 0.416. The van der Waals surface area contributed by atoms with Crippen molar-refractivity contribution in [2.75, 3.05) is 12.4 Å². The summed E-state index contributed by atoms with van der Waals surface area (Å²) in [5.41, 5.74) is 3.48. The molecule has 1 N–H and O–H groups in total. The summed E-state index contributed by atoms with van der Waals surface area (Å²) in [6.45, 7) is 0. The van der Waals surface area contributed by atoms with Crippen molar-refractivity contribution in [1.82, 2.24) is 34.3 Å². The largest absolute Gasteiger partial charge is 0.496 e. The average molecular weight is 440 g/mol. The van der Waals surface area contributed by atoms with Crippen molar-refractivity contribution in [1.29, 1.82) is 0 Å². The van der Waals surface area contributed by atoms with Crippen LogP contribution in [0.15, 0.2) is 72.5 Å². The van der Waals surface area contributed by atoms with Gasteiger partial charge in [-0.15, -0.1) is 16.4 Å². The number of nitrogens with one attached hydrogen (secondary N) is 1. The van der Waals surface area contributed by atoms with Crippen LogP contribution in [-0.2, 0) is 0 Å². The maximum atomic E-state index is 5.51. The zero-order valence-corrected chi connectivity index (χ0v) is 17.7. The number of ether oxygens (including phenoxy) is 1. The van der Waals surface area contributed by atoms with Gasteiger partial charge in [-0.05, 0) is 24.3 Å². The molecule has 0 saturated carbocycles. The minimum atomic E-state index is 0.445. The van der Waals surface area contributed by atoms with Crippen LogP contribution in [0.5, 0.6) is 5.75 Å². The maximum Gasteiger partial charge on any atom is 0.249 e. The molecule has 6 rings (SSSR count). The molecule has 4 heterocycles. The number of anilines is 2. The summed E-state index contributed by atoms with van der Waals surface area (Å²) in [6, 6.07) is 17.7. The Bertz CT molecular complexity index is 1550. The van der Waals surface area contributed by atoms with Gasteiger partial charge in [-0.1, -0.05) is 30.3 Å². The molecule has 4 aromatic heterocycles. The van der Waals surface area contributed by atoms with E-state index < -0.39 is 0 Å². The van der Waals surface area contributed by atoms with Crippen molar-refractivity contribution in [3.05, 3.63) is 72.5 Å². The highest BCUT2D eigenvalue weighted by Gasteiger charge is 2.17. The molecule has 0 amide bonds. The van der Waals surface area contributed by atoms with Gasteiger partial charge < -0.3 is 10.1 Å². The van der Waals surface area contributed by atoms with E-state index in [1.807, 2.05) is 60.0 Å². The second-order valence-electron chi connectivity index (χ2n) is 6.93. The van der Waals surface area contributed by atoms with Crippen molar-refractivity contribution in [2.45, 2.75) is 0 Å². The van der Waals surface area contributed by atoms with Gasteiger partial charge in [0.25, 0.3) is 0 Å². The molecule has 32 heavy (non-hydrogen) atoms. The van der Waals surface area contributed by atoms with E-state index in [1.165, 1.54) is 17.7 Å². The van der Waals surface area contributed by atoms with Crippen LogP contribution in [0, 0.1) is 0 Å². The van der Waals surface area contributed by atoms with Gasteiger partial charge in [0, 0.05) is 10.9 Å². The Labute approximate surface area is 186 Å². The van der Waals surface area contributed by atoms with Crippen molar-refractivity contribution in [3.8, 4) is 22.7 Å². The summed E-state index contributed by atoms with van der Waals surface area (Å²) in [6.07, 6.45) is 3.24. The number of fused-ring (bicyclic) bond motifs is 2. The molecule has 0 aliphatic heterocycles. The highest BCUT2D eigenvalue weighted by molar-refractivity contribution is 7.15. The zero-order chi connectivity index (χ0) is 21.5. The van der Waals surface area contributed by atoms with Crippen molar-refractivity contribution >= 4 is 39.1 Å². The first kappa shape index (κ1) is 18.5. The molecule has 6 aromatic rings. The van der Waals surface area contributed by atoms with Crippen molar-refractivity contribution in [3.63, 3.8) is 0 Å². The number of thiazole rings is 1. The van der Waals surface area contributed by atoms with E-state index >= 15 is 0 Å².